The first kappa shape index (κ1) is 15.6. The van der Waals surface area contributed by atoms with Crippen molar-refractivity contribution in [3.63, 3.8) is 0 Å². The van der Waals surface area contributed by atoms with Crippen LogP contribution in [0.4, 0.5) is 0 Å². The van der Waals surface area contributed by atoms with Gasteiger partial charge in [-0.25, -0.2) is 4.79 Å². The van der Waals surface area contributed by atoms with Gasteiger partial charge in [0.15, 0.2) is 0 Å². The molecular weight excluding hydrogens is 262 g/mol. The highest BCUT2D eigenvalue weighted by atomic mass is 16.1. The van der Waals surface area contributed by atoms with Crippen LogP contribution in [0.5, 0.6) is 0 Å². The first-order chi connectivity index (χ1) is 10.1. The minimum absolute atomic E-state index is 0.0717. The molecule has 4 nitrogen and oxygen atoms in total. The quantitative estimate of drug-likeness (QED) is 0.887. The van der Waals surface area contributed by atoms with Crippen molar-refractivity contribution >= 4 is 0 Å². The molecule has 1 heterocycles. The minimum Gasteiger partial charge on any atom is -0.312 e. The molecule has 0 spiro atoms. The predicted molar refractivity (Wildman–Crippen MR) is 86.7 cm³/mol. The van der Waals surface area contributed by atoms with Crippen molar-refractivity contribution in [2.24, 2.45) is 0 Å². The average molecular weight is 287 g/mol. The van der Waals surface area contributed by atoms with Gasteiger partial charge in [-0.3, -0.25) is 9.13 Å². The molecule has 0 bridgehead atoms. The Balaban J connectivity index is 2.27. The fourth-order valence-corrected chi connectivity index (χ4v) is 2.68. The summed E-state index contributed by atoms with van der Waals surface area (Å²) in [4.78, 5) is 12.3. The third-order valence-corrected chi connectivity index (χ3v) is 3.92. The van der Waals surface area contributed by atoms with Gasteiger partial charge in [-0.1, -0.05) is 30.7 Å². The Morgan fingerprint density at radius 3 is 2.57 bits per heavy atom. The summed E-state index contributed by atoms with van der Waals surface area (Å²) < 4.78 is 3.56. The Kier molecular flexibility index (Phi) is 5.02. The van der Waals surface area contributed by atoms with E-state index in [1.54, 1.807) is 9.13 Å². The van der Waals surface area contributed by atoms with Crippen LogP contribution in [0.1, 0.15) is 36.1 Å². The highest BCUT2D eigenvalue weighted by molar-refractivity contribution is 5.33. The van der Waals surface area contributed by atoms with Crippen LogP contribution < -0.4 is 11.0 Å². The number of benzene rings is 1. The summed E-state index contributed by atoms with van der Waals surface area (Å²) in [5.41, 5.74) is 3.82. The van der Waals surface area contributed by atoms with E-state index in [-0.39, 0.29) is 11.7 Å². The van der Waals surface area contributed by atoms with E-state index in [0.29, 0.717) is 6.54 Å². The van der Waals surface area contributed by atoms with E-state index in [1.165, 1.54) is 16.7 Å². The molecule has 1 N–H and O–H groups in total. The van der Waals surface area contributed by atoms with Crippen molar-refractivity contribution in [3.05, 3.63) is 57.8 Å². The fraction of sp³-hybridized carbons (Fsp3) is 0.471. The van der Waals surface area contributed by atoms with E-state index >= 15 is 0 Å². The van der Waals surface area contributed by atoms with Crippen molar-refractivity contribution < 1.29 is 0 Å². The standard InChI is InChI=1S/C17H25N3O/c1-5-8-19-9-10-20(17(19)21)12-16(18-4)15-11-13(2)6-7-14(15)3/h6-7,9-11,16,18H,5,8,12H2,1-4H3. The molecule has 2 aromatic rings. The van der Waals surface area contributed by atoms with E-state index in [1.807, 2.05) is 19.4 Å². The van der Waals surface area contributed by atoms with Gasteiger partial charge < -0.3 is 5.32 Å². The average Bonchev–Trinajstić information content (AvgIpc) is 2.81. The molecule has 2 rings (SSSR count). The smallest absolute Gasteiger partial charge is 0.312 e. The number of nitrogens with zero attached hydrogens (tertiary/aromatic N) is 2. The predicted octanol–water partition coefficient (Wildman–Crippen LogP) is 2.64. The van der Waals surface area contributed by atoms with Gasteiger partial charge in [0.05, 0.1) is 6.04 Å². The normalized spacial score (nSPS) is 12.6. The third kappa shape index (κ3) is 3.45. The molecule has 1 aromatic heterocycles. The third-order valence-electron chi connectivity index (χ3n) is 3.92. The molecule has 0 aliphatic heterocycles. The molecule has 1 unspecified atom stereocenters. The summed E-state index contributed by atoms with van der Waals surface area (Å²) in [6.07, 6.45) is 4.73. The monoisotopic (exact) mass is 287 g/mol. The molecule has 0 saturated carbocycles. The van der Waals surface area contributed by atoms with Crippen molar-refractivity contribution in [2.75, 3.05) is 7.05 Å². The van der Waals surface area contributed by atoms with Crippen LogP contribution in [-0.4, -0.2) is 16.2 Å². The molecule has 4 heteroatoms. The summed E-state index contributed by atoms with van der Waals surface area (Å²) in [7, 11) is 1.94. The number of aryl methyl sites for hydroxylation is 3. The highest BCUT2D eigenvalue weighted by Crippen LogP contribution is 2.20. The number of aromatic nitrogens is 2. The largest absolute Gasteiger partial charge is 0.328 e. The molecule has 21 heavy (non-hydrogen) atoms. The maximum atomic E-state index is 12.3. The lowest BCUT2D eigenvalue weighted by Gasteiger charge is -2.19. The zero-order valence-corrected chi connectivity index (χ0v) is 13.4. The molecule has 0 aliphatic rings. The van der Waals surface area contributed by atoms with Gasteiger partial charge in [-0.2, -0.15) is 0 Å². The topological polar surface area (TPSA) is 39.0 Å². The maximum Gasteiger partial charge on any atom is 0.328 e. The van der Waals surface area contributed by atoms with Crippen molar-refractivity contribution in [1.29, 1.82) is 0 Å². The van der Waals surface area contributed by atoms with Crippen LogP contribution in [-0.2, 0) is 13.1 Å². The Morgan fingerprint density at radius 2 is 1.90 bits per heavy atom. The lowest BCUT2D eigenvalue weighted by atomic mass is 9.99. The second-order valence-corrected chi connectivity index (χ2v) is 5.63. The lowest BCUT2D eigenvalue weighted by molar-refractivity contribution is 0.481. The molecule has 0 fully saturated rings. The summed E-state index contributed by atoms with van der Waals surface area (Å²) in [5, 5.41) is 3.33. The van der Waals surface area contributed by atoms with E-state index < -0.39 is 0 Å². The molecule has 1 atom stereocenters. The number of hydrogen-bond acceptors (Lipinski definition) is 2. The van der Waals surface area contributed by atoms with Crippen LogP contribution >= 0.6 is 0 Å². The van der Waals surface area contributed by atoms with E-state index in [2.05, 4.69) is 44.3 Å². The first-order valence-electron chi connectivity index (χ1n) is 7.56. The maximum absolute atomic E-state index is 12.3. The highest BCUT2D eigenvalue weighted by Gasteiger charge is 2.14. The van der Waals surface area contributed by atoms with Crippen LogP contribution in [0.3, 0.4) is 0 Å². The molecule has 1 aromatic carbocycles. The van der Waals surface area contributed by atoms with Gasteiger partial charge in [0.2, 0.25) is 0 Å². The second kappa shape index (κ2) is 6.76. The van der Waals surface area contributed by atoms with Crippen LogP contribution in [0.15, 0.2) is 35.4 Å². The second-order valence-electron chi connectivity index (χ2n) is 5.63. The zero-order valence-electron chi connectivity index (χ0n) is 13.4. The Hall–Kier alpha value is -1.81. The Morgan fingerprint density at radius 1 is 1.19 bits per heavy atom. The van der Waals surface area contributed by atoms with Gasteiger partial charge in [-0.05, 0) is 38.4 Å². The molecule has 0 saturated heterocycles. The fourth-order valence-electron chi connectivity index (χ4n) is 2.68. The number of rotatable bonds is 6. The summed E-state index contributed by atoms with van der Waals surface area (Å²) in [6.45, 7) is 7.72. The number of hydrogen-bond donors (Lipinski definition) is 1. The number of imidazole rings is 1. The minimum atomic E-state index is 0.0717. The number of likely N-dealkylation sites (N-methyl/N-ethyl adjacent to an activating group) is 1. The van der Waals surface area contributed by atoms with Crippen LogP contribution in [0.2, 0.25) is 0 Å². The van der Waals surface area contributed by atoms with E-state index in [4.69, 9.17) is 0 Å². The van der Waals surface area contributed by atoms with Gasteiger partial charge in [0.1, 0.15) is 0 Å². The lowest BCUT2D eigenvalue weighted by Crippen LogP contribution is -2.30. The first-order valence-corrected chi connectivity index (χ1v) is 7.56. The molecular formula is C17H25N3O. The van der Waals surface area contributed by atoms with Gasteiger partial charge in [0, 0.05) is 25.5 Å². The van der Waals surface area contributed by atoms with Gasteiger partial charge in [0.25, 0.3) is 0 Å². The zero-order chi connectivity index (χ0) is 15.4. The van der Waals surface area contributed by atoms with Crippen molar-refractivity contribution in [1.82, 2.24) is 14.5 Å². The molecule has 0 aliphatic carbocycles. The van der Waals surface area contributed by atoms with Gasteiger partial charge in [-0.15, -0.1) is 0 Å². The Labute approximate surface area is 126 Å². The Bertz CT molecular complexity index is 654. The number of nitrogens with one attached hydrogen (secondary N) is 1. The van der Waals surface area contributed by atoms with Crippen molar-refractivity contribution in [2.45, 2.75) is 46.3 Å². The van der Waals surface area contributed by atoms with E-state index in [9.17, 15) is 4.79 Å². The van der Waals surface area contributed by atoms with E-state index in [0.717, 1.165) is 13.0 Å². The SMILES string of the molecule is CCCn1ccn(CC(NC)c2cc(C)ccc2C)c1=O. The molecule has 0 amide bonds. The summed E-state index contributed by atoms with van der Waals surface area (Å²) >= 11 is 0. The molecule has 0 radical (unpaired) electrons. The van der Waals surface area contributed by atoms with Gasteiger partial charge >= 0.3 is 5.69 Å². The molecule has 114 valence electrons. The summed E-state index contributed by atoms with van der Waals surface area (Å²) in [5.74, 6) is 0. The van der Waals surface area contributed by atoms with Crippen LogP contribution in [0, 0.1) is 13.8 Å². The summed E-state index contributed by atoms with van der Waals surface area (Å²) in [6, 6.07) is 6.60. The van der Waals surface area contributed by atoms with Crippen molar-refractivity contribution in [3.8, 4) is 0 Å². The van der Waals surface area contributed by atoms with Crippen LogP contribution in [0.25, 0.3) is 0 Å².